The van der Waals surface area contributed by atoms with E-state index in [1.807, 2.05) is 0 Å². The van der Waals surface area contributed by atoms with Crippen LogP contribution in [0.2, 0.25) is 0 Å². The van der Waals surface area contributed by atoms with Crippen LogP contribution in [0, 0.1) is 6.92 Å². The average molecular weight is 283 g/mol. The second kappa shape index (κ2) is 6.02. The van der Waals surface area contributed by atoms with Gasteiger partial charge in [0.15, 0.2) is 0 Å². The van der Waals surface area contributed by atoms with Crippen LogP contribution in [-0.4, -0.2) is 15.8 Å². The summed E-state index contributed by atoms with van der Waals surface area (Å²) in [7, 11) is 0. The molecule has 1 fully saturated rings. The third kappa shape index (κ3) is 3.18. The molecule has 0 bridgehead atoms. The second-order valence-electron chi connectivity index (χ2n) is 6.02. The highest BCUT2D eigenvalue weighted by Crippen LogP contribution is 2.21. The fourth-order valence-electron chi connectivity index (χ4n) is 2.72. The van der Waals surface area contributed by atoms with Gasteiger partial charge in [-0.05, 0) is 55.9 Å². The molecule has 1 aliphatic rings. The van der Waals surface area contributed by atoms with E-state index in [9.17, 15) is 0 Å². The maximum Gasteiger partial charge on any atom is 0.0678 e. The summed E-state index contributed by atoms with van der Waals surface area (Å²) in [5.74, 6) is 0. The molecule has 0 radical (unpaired) electrons. The molecule has 0 atom stereocenters. The number of nitrogens with zero attached hydrogens (tertiary/aromatic N) is 2. The first kappa shape index (κ1) is 14.3. The van der Waals surface area contributed by atoms with Gasteiger partial charge in [-0.15, -0.1) is 0 Å². The zero-order chi connectivity index (χ0) is 14.8. The number of hydrogen-bond acceptors (Lipinski definition) is 2. The minimum Gasteiger partial charge on any atom is -0.310 e. The summed E-state index contributed by atoms with van der Waals surface area (Å²) in [6.45, 7) is 7.51. The van der Waals surface area contributed by atoms with Gasteiger partial charge in [0.25, 0.3) is 0 Å². The predicted octanol–water partition coefficient (Wildman–Crippen LogP) is 3.56. The molecule has 1 aromatic heterocycles. The molecule has 0 spiro atoms. The van der Waals surface area contributed by atoms with Crippen molar-refractivity contribution in [1.82, 2.24) is 15.1 Å². The SMILES string of the molecule is CCc1cc(CC)n(-c2ccc(CNC3CC3)cc2C)n1. The van der Waals surface area contributed by atoms with Gasteiger partial charge in [0.2, 0.25) is 0 Å². The molecule has 0 unspecified atom stereocenters. The number of aromatic nitrogens is 2. The Hall–Kier alpha value is -1.61. The number of benzene rings is 1. The van der Waals surface area contributed by atoms with E-state index in [4.69, 9.17) is 5.10 Å². The lowest BCUT2D eigenvalue weighted by Gasteiger charge is -2.11. The highest BCUT2D eigenvalue weighted by atomic mass is 15.3. The van der Waals surface area contributed by atoms with E-state index in [1.165, 1.54) is 41.0 Å². The van der Waals surface area contributed by atoms with Gasteiger partial charge in [-0.2, -0.15) is 5.10 Å². The van der Waals surface area contributed by atoms with Crippen molar-refractivity contribution in [2.75, 3.05) is 0 Å². The quantitative estimate of drug-likeness (QED) is 0.878. The van der Waals surface area contributed by atoms with Gasteiger partial charge in [0.05, 0.1) is 11.4 Å². The summed E-state index contributed by atoms with van der Waals surface area (Å²) in [5.41, 5.74) is 6.33. The first-order valence-electron chi connectivity index (χ1n) is 8.12. The van der Waals surface area contributed by atoms with Crippen molar-refractivity contribution >= 4 is 0 Å². The Morgan fingerprint density at radius 3 is 2.62 bits per heavy atom. The van der Waals surface area contributed by atoms with E-state index >= 15 is 0 Å². The van der Waals surface area contributed by atoms with Crippen molar-refractivity contribution in [3.8, 4) is 5.69 Å². The summed E-state index contributed by atoms with van der Waals surface area (Å²) in [4.78, 5) is 0. The van der Waals surface area contributed by atoms with Crippen LogP contribution in [-0.2, 0) is 19.4 Å². The predicted molar refractivity (Wildman–Crippen MR) is 86.9 cm³/mol. The summed E-state index contributed by atoms with van der Waals surface area (Å²) in [6.07, 6.45) is 4.67. The van der Waals surface area contributed by atoms with Gasteiger partial charge in [-0.25, -0.2) is 4.68 Å². The highest BCUT2D eigenvalue weighted by Gasteiger charge is 2.20. The summed E-state index contributed by atoms with van der Waals surface area (Å²) < 4.78 is 2.12. The molecule has 1 heterocycles. The van der Waals surface area contributed by atoms with E-state index < -0.39 is 0 Å². The van der Waals surface area contributed by atoms with Gasteiger partial charge in [-0.3, -0.25) is 0 Å². The molecular formula is C18H25N3. The second-order valence-corrected chi connectivity index (χ2v) is 6.02. The zero-order valence-electron chi connectivity index (χ0n) is 13.3. The summed E-state index contributed by atoms with van der Waals surface area (Å²) in [6, 6.07) is 9.71. The largest absolute Gasteiger partial charge is 0.310 e. The van der Waals surface area contributed by atoms with Gasteiger partial charge < -0.3 is 5.32 Å². The maximum atomic E-state index is 4.75. The average Bonchev–Trinajstić information content (AvgIpc) is 3.23. The minimum absolute atomic E-state index is 0.759. The smallest absolute Gasteiger partial charge is 0.0678 e. The van der Waals surface area contributed by atoms with Crippen LogP contribution in [0.5, 0.6) is 0 Å². The van der Waals surface area contributed by atoms with Gasteiger partial charge in [0.1, 0.15) is 0 Å². The Balaban J connectivity index is 1.85. The molecule has 0 aliphatic heterocycles. The fourth-order valence-corrected chi connectivity index (χ4v) is 2.72. The monoisotopic (exact) mass is 283 g/mol. The Kier molecular flexibility index (Phi) is 4.11. The van der Waals surface area contributed by atoms with E-state index in [2.05, 4.69) is 55.0 Å². The third-order valence-electron chi connectivity index (χ3n) is 4.22. The first-order valence-corrected chi connectivity index (χ1v) is 8.12. The summed E-state index contributed by atoms with van der Waals surface area (Å²) >= 11 is 0. The van der Waals surface area contributed by atoms with E-state index in [0.29, 0.717) is 0 Å². The standard InChI is InChI=1S/C18H25N3/c1-4-15-11-17(5-2)21(20-15)18-9-6-14(10-13(18)3)12-19-16-7-8-16/h6,9-11,16,19H,4-5,7-8,12H2,1-3H3. The number of nitrogens with one attached hydrogen (secondary N) is 1. The Labute approximate surface area is 127 Å². The van der Waals surface area contributed by atoms with Gasteiger partial charge in [-0.1, -0.05) is 26.0 Å². The molecule has 3 heteroatoms. The minimum atomic E-state index is 0.759. The normalized spacial score (nSPS) is 14.6. The van der Waals surface area contributed by atoms with Crippen LogP contribution in [0.15, 0.2) is 24.3 Å². The molecule has 3 nitrogen and oxygen atoms in total. The molecular weight excluding hydrogens is 258 g/mol. The third-order valence-corrected chi connectivity index (χ3v) is 4.22. The highest BCUT2D eigenvalue weighted by molar-refractivity contribution is 5.43. The van der Waals surface area contributed by atoms with Crippen LogP contribution >= 0.6 is 0 Å². The maximum absolute atomic E-state index is 4.75. The van der Waals surface area contributed by atoms with Crippen molar-refractivity contribution < 1.29 is 0 Å². The Morgan fingerprint density at radius 1 is 1.19 bits per heavy atom. The summed E-state index contributed by atoms with van der Waals surface area (Å²) in [5, 5.41) is 8.32. The zero-order valence-corrected chi connectivity index (χ0v) is 13.3. The van der Waals surface area contributed by atoms with Crippen molar-refractivity contribution in [2.24, 2.45) is 0 Å². The lowest BCUT2D eigenvalue weighted by Crippen LogP contribution is -2.15. The number of aryl methyl sites for hydroxylation is 3. The molecule has 1 N–H and O–H groups in total. The van der Waals surface area contributed by atoms with E-state index in [1.54, 1.807) is 0 Å². The van der Waals surface area contributed by atoms with Crippen LogP contribution in [0.1, 0.15) is 49.2 Å². The van der Waals surface area contributed by atoms with Crippen LogP contribution in [0.3, 0.4) is 0 Å². The molecule has 2 aromatic rings. The van der Waals surface area contributed by atoms with E-state index in [0.717, 1.165) is 25.4 Å². The Morgan fingerprint density at radius 2 is 2.00 bits per heavy atom. The molecule has 1 aromatic carbocycles. The lowest BCUT2D eigenvalue weighted by atomic mass is 10.1. The van der Waals surface area contributed by atoms with Crippen molar-refractivity contribution in [1.29, 1.82) is 0 Å². The van der Waals surface area contributed by atoms with Crippen molar-refractivity contribution in [3.63, 3.8) is 0 Å². The molecule has 112 valence electrons. The van der Waals surface area contributed by atoms with E-state index in [-0.39, 0.29) is 0 Å². The molecule has 0 amide bonds. The molecule has 0 saturated heterocycles. The lowest BCUT2D eigenvalue weighted by molar-refractivity contribution is 0.686. The molecule has 3 rings (SSSR count). The fraction of sp³-hybridized carbons (Fsp3) is 0.500. The topological polar surface area (TPSA) is 29.9 Å². The van der Waals surface area contributed by atoms with Gasteiger partial charge >= 0.3 is 0 Å². The van der Waals surface area contributed by atoms with Crippen molar-refractivity contribution in [2.45, 2.75) is 59.0 Å². The Bertz CT molecular complexity index is 623. The van der Waals surface area contributed by atoms with Crippen LogP contribution in [0.4, 0.5) is 0 Å². The molecule has 1 saturated carbocycles. The first-order chi connectivity index (χ1) is 10.2. The van der Waals surface area contributed by atoms with Crippen LogP contribution < -0.4 is 5.32 Å². The molecule has 21 heavy (non-hydrogen) atoms. The molecule has 1 aliphatic carbocycles. The van der Waals surface area contributed by atoms with Crippen LogP contribution in [0.25, 0.3) is 5.69 Å². The number of rotatable bonds is 6. The van der Waals surface area contributed by atoms with Gasteiger partial charge in [0, 0.05) is 18.3 Å². The van der Waals surface area contributed by atoms with Crippen molar-refractivity contribution in [3.05, 3.63) is 46.8 Å². The number of hydrogen-bond donors (Lipinski definition) is 1.